The number of halogens is 2. The van der Waals surface area contributed by atoms with Crippen molar-refractivity contribution in [2.75, 3.05) is 13.1 Å². The molecule has 2 aromatic rings. The number of piperidine rings is 1. The Kier molecular flexibility index (Phi) is 4.55. The maximum atomic E-state index is 13.3. The van der Waals surface area contributed by atoms with Crippen molar-refractivity contribution in [3.63, 3.8) is 0 Å². The molecule has 0 radical (unpaired) electrons. The standard InChI is InChI=1S/C18H17F2NO2/c19-16-9-8-13(11-17(16)20)18(22)21-10-4-7-15(12-21)23-14-5-2-1-3-6-14/h1-3,5-6,8-9,11,15H,4,7,10,12H2. The first-order chi connectivity index (χ1) is 11.1. The van der Waals surface area contributed by atoms with Crippen molar-refractivity contribution in [2.45, 2.75) is 18.9 Å². The summed E-state index contributed by atoms with van der Waals surface area (Å²) in [7, 11) is 0. The van der Waals surface area contributed by atoms with Gasteiger partial charge in [0, 0.05) is 12.1 Å². The predicted octanol–water partition coefficient (Wildman–Crippen LogP) is 3.65. The number of rotatable bonds is 3. The molecule has 1 atom stereocenters. The molecule has 1 aliphatic heterocycles. The topological polar surface area (TPSA) is 29.5 Å². The van der Waals surface area contributed by atoms with E-state index in [2.05, 4.69) is 0 Å². The van der Waals surface area contributed by atoms with Gasteiger partial charge in [0.05, 0.1) is 6.54 Å². The molecule has 0 saturated carbocycles. The van der Waals surface area contributed by atoms with Gasteiger partial charge in [-0.1, -0.05) is 18.2 Å². The second-order valence-electron chi connectivity index (χ2n) is 5.58. The highest BCUT2D eigenvalue weighted by Crippen LogP contribution is 2.20. The summed E-state index contributed by atoms with van der Waals surface area (Å²) in [6.45, 7) is 1.03. The Labute approximate surface area is 133 Å². The number of para-hydroxylation sites is 1. The van der Waals surface area contributed by atoms with Gasteiger partial charge in [-0.05, 0) is 43.2 Å². The molecule has 3 nitrogen and oxygen atoms in total. The molecule has 5 heteroatoms. The number of nitrogens with zero attached hydrogens (tertiary/aromatic N) is 1. The van der Waals surface area contributed by atoms with Gasteiger partial charge in [-0.25, -0.2) is 8.78 Å². The average Bonchev–Trinajstić information content (AvgIpc) is 2.58. The van der Waals surface area contributed by atoms with Gasteiger partial charge in [0.25, 0.3) is 5.91 Å². The van der Waals surface area contributed by atoms with Crippen LogP contribution >= 0.6 is 0 Å². The van der Waals surface area contributed by atoms with E-state index < -0.39 is 11.6 Å². The summed E-state index contributed by atoms with van der Waals surface area (Å²) in [5.41, 5.74) is 0.157. The molecule has 1 amide bonds. The van der Waals surface area contributed by atoms with Gasteiger partial charge in [0.1, 0.15) is 11.9 Å². The minimum atomic E-state index is -1.01. The molecule has 0 aliphatic carbocycles. The molecule has 1 saturated heterocycles. The third kappa shape index (κ3) is 3.67. The third-order valence-corrected chi connectivity index (χ3v) is 3.88. The van der Waals surface area contributed by atoms with Gasteiger partial charge >= 0.3 is 0 Å². The molecule has 0 bridgehead atoms. The zero-order valence-corrected chi connectivity index (χ0v) is 12.5. The highest BCUT2D eigenvalue weighted by atomic mass is 19.2. The Morgan fingerprint density at radius 1 is 1.09 bits per heavy atom. The lowest BCUT2D eigenvalue weighted by Gasteiger charge is -2.33. The quantitative estimate of drug-likeness (QED) is 0.865. The first-order valence-electron chi connectivity index (χ1n) is 7.59. The van der Waals surface area contributed by atoms with Gasteiger partial charge in [-0.3, -0.25) is 4.79 Å². The molecule has 1 aliphatic rings. The number of benzene rings is 2. The Balaban J connectivity index is 1.68. The molecule has 120 valence electrons. The van der Waals surface area contributed by atoms with Crippen molar-refractivity contribution < 1.29 is 18.3 Å². The number of ether oxygens (including phenoxy) is 1. The van der Waals surface area contributed by atoms with Gasteiger partial charge in [0.2, 0.25) is 0 Å². The van der Waals surface area contributed by atoms with Crippen molar-refractivity contribution in [1.29, 1.82) is 0 Å². The Hall–Kier alpha value is -2.43. The first-order valence-corrected chi connectivity index (χ1v) is 7.59. The molecule has 1 heterocycles. The molecule has 3 rings (SSSR count). The van der Waals surface area contributed by atoms with Crippen LogP contribution in [0, 0.1) is 11.6 Å². The van der Waals surface area contributed by atoms with E-state index in [1.54, 1.807) is 4.90 Å². The first kappa shape index (κ1) is 15.5. The van der Waals surface area contributed by atoms with E-state index >= 15 is 0 Å². The second kappa shape index (κ2) is 6.77. The third-order valence-electron chi connectivity index (χ3n) is 3.88. The summed E-state index contributed by atoms with van der Waals surface area (Å²) in [5, 5.41) is 0. The van der Waals surface area contributed by atoms with Crippen molar-refractivity contribution in [2.24, 2.45) is 0 Å². The molecule has 0 spiro atoms. The summed E-state index contributed by atoms with van der Waals surface area (Å²) in [5.74, 6) is -1.50. The fourth-order valence-corrected chi connectivity index (χ4v) is 2.72. The number of hydrogen-bond donors (Lipinski definition) is 0. The summed E-state index contributed by atoms with van der Waals surface area (Å²) < 4.78 is 32.2. The van der Waals surface area contributed by atoms with E-state index in [0.29, 0.717) is 13.1 Å². The lowest BCUT2D eigenvalue weighted by molar-refractivity contribution is 0.0537. The number of carbonyl (C=O) groups is 1. The lowest BCUT2D eigenvalue weighted by Crippen LogP contribution is -2.44. The van der Waals surface area contributed by atoms with Gasteiger partial charge < -0.3 is 9.64 Å². The van der Waals surface area contributed by atoms with Crippen LogP contribution in [0.5, 0.6) is 5.75 Å². The van der Waals surface area contributed by atoms with Crippen molar-refractivity contribution in [1.82, 2.24) is 4.90 Å². The van der Waals surface area contributed by atoms with E-state index in [4.69, 9.17) is 4.74 Å². The minimum Gasteiger partial charge on any atom is -0.489 e. The van der Waals surface area contributed by atoms with Gasteiger partial charge in [-0.15, -0.1) is 0 Å². The SMILES string of the molecule is O=C(c1ccc(F)c(F)c1)N1CCCC(Oc2ccccc2)C1. The Morgan fingerprint density at radius 3 is 2.61 bits per heavy atom. The second-order valence-corrected chi connectivity index (χ2v) is 5.58. The highest BCUT2D eigenvalue weighted by Gasteiger charge is 2.26. The molecule has 0 aromatic heterocycles. The molecular formula is C18H17F2NO2. The van der Waals surface area contributed by atoms with Crippen LogP contribution in [0.3, 0.4) is 0 Å². The lowest BCUT2D eigenvalue weighted by atomic mass is 10.1. The van der Waals surface area contributed by atoms with Crippen molar-refractivity contribution in [3.8, 4) is 5.75 Å². The number of carbonyl (C=O) groups excluding carboxylic acids is 1. The van der Waals surface area contributed by atoms with Crippen LogP contribution in [-0.4, -0.2) is 30.0 Å². The van der Waals surface area contributed by atoms with Gasteiger partial charge in [-0.2, -0.15) is 0 Å². The fraction of sp³-hybridized carbons (Fsp3) is 0.278. The molecule has 0 N–H and O–H groups in total. The normalized spacial score (nSPS) is 17.8. The van der Waals surface area contributed by atoms with E-state index in [9.17, 15) is 13.6 Å². The molecule has 2 aromatic carbocycles. The van der Waals surface area contributed by atoms with Crippen molar-refractivity contribution >= 4 is 5.91 Å². The number of likely N-dealkylation sites (tertiary alicyclic amines) is 1. The Bertz CT molecular complexity index is 691. The van der Waals surface area contributed by atoms with E-state index in [1.165, 1.54) is 6.07 Å². The number of amides is 1. The maximum Gasteiger partial charge on any atom is 0.254 e. The van der Waals surface area contributed by atoms with Crippen LogP contribution in [0.15, 0.2) is 48.5 Å². The predicted molar refractivity (Wildman–Crippen MR) is 82.4 cm³/mol. The van der Waals surface area contributed by atoms with E-state index in [1.807, 2.05) is 30.3 Å². The fourth-order valence-electron chi connectivity index (χ4n) is 2.72. The zero-order chi connectivity index (χ0) is 16.2. The smallest absolute Gasteiger partial charge is 0.254 e. The number of hydrogen-bond acceptors (Lipinski definition) is 2. The average molecular weight is 317 g/mol. The maximum absolute atomic E-state index is 13.3. The van der Waals surface area contributed by atoms with Crippen LogP contribution in [0.25, 0.3) is 0 Å². The molecule has 1 fully saturated rings. The highest BCUT2D eigenvalue weighted by molar-refractivity contribution is 5.94. The summed E-state index contributed by atoms with van der Waals surface area (Å²) in [6.07, 6.45) is 1.57. The summed E-state index contributed by atoms with van der Waals surface area (Å²) in [6, 6.07) is 12.7. The largest absolute Gasteiger partial charge is 0.489 e. The summed E-state index contributed by atoms with van der Waals surface area (Å²) in [4.78, 5) is 14.1. The van der Waals surface area contributed by atoms with E-state index in [-0.39, 0.29) is 17.6 Å². The minimum absolute atomic E-state index is 0.0969. The molecular weight excluding hydrogens is 300 g/mol. The van der Waals surface area contributed by atoms with Crippen LogP contribution in [0.4, 0.5) is 8.78 Å². The van der Waals surface area contributed by atoms with Crippen LogP contribution < -0.4 is 4.74 Å². The Morgan fingerprint density at radius 2 is 1.87 bits per heavy atom. The zero-order valence-electron chi connectivity index (χ0n) is 12.5. The van der Waals surface area contributed by atoms with E-state index in [0.717, 1.165) is 30.7 Å². The van der Waals surface area contributed by atoms with Crippen molar-refractivity contribution in [3.05, 3.63) is 65.7 Å². The molecule has 23 heavy (non-hydrogen) atoms. The summed E-state index contributed by atoms with van der Waals surface area (Å²) >= 11 is 0. The monoisotopic (exact) mass is 317 g/mol. The van der Waals surface area contributed by atoms with Crippen LogP contribution in [0.2, 0.25) is 0 Å². The van der Waals surface area contributed by atoms with Gasteiger partial charge in [0.15, 0.2) is 11.6 Å². The van der Waals surface area contributed by atoms with Crippen LogP contribution in [-0.2, 0) is 0 Å². The molecule has 1 unspecified atom stereocenters. The van der Waals surface area contributed by atoms with Crippen LogP contribution in [0.1, 0.15) is 23.2 Å².